The third kappa shape index (κ3) is 3.32. The van der Waals surface area contributed by atoms with Gasteiger partial charge in [-0.1, -0.05) is 23.7 Å². The molecule has 104 valence electrons. The predicted molar refractivity (Wildman–Crippen MR) is 79.2 cm³/mol. The van der Waals surface area contributed by atoms with Crippen LogP contribution in [0.3, 0.4) is 0 Å². The van der Waals surface area contributed by atoms with Crippen LogP contribution in [0.1, 0.15) is 31.7 Å². The van der Waals surface area contributed by atoms with E-state index in [0.29, 0.717) is 10.6 Å². The Morgan fingerprint density at radius 1 is 1.42 bits per heavy atom. The molecule has 5 heteroatoms. The van der Waals surface area contributed by atoms with Gasteiger partial charge in [-0.25, -0.2) is 0 Å². The van der Waals surface area contributed by atoms with Gasteiger partial charge in [-0.05, 0) is 43.4 Å². The number of anilines is 1. The highest BCUT2D eigenvalue weighted by molar-refractivity contribution is 6.33. The number of nitrogens with two attached hydrogens (primary N) is 1. The lowest BCUT2D eigenvalue weighted by atomic mass is 10.0. The van der Waals surface area contributed by atoms with Crippen LogP contribution in [-0.4, -0.2) is 24.1 Å². The van der Waals surface area contributed by atoms with Crippen LogP contribution in [0.2, 0.25) is 5.02 Å². The fraction of sp³-hybridized carbons (Fsp3) is 0.500. The van der Waals surface area contributed by atoms with Crippen LogP contribution in [0, 0.1) is 5.92 Å². The number of halogens is 1. The Morgan fingerprint density at radius 3 is 2.89 bits per heavy atom. The van der Waals surface area contributed by atoms with E-state index in [0.717, 1.165) is 24.7 Å². The Kier molecular flexibility index (Phi) is 4.53. The SMILES string of the molecule is CC1CCCN(c2ccc(C(N)=NO)cc2Cl)CC1. The van der Waals surface area contributed by atoms with Crippen LogP contribution in [-0.2, 0) is 0 Å². The highest BCUT2D eigenvalue weighted by atomic mass is 35.5. The van der Waals surface area contributed by atoms with E-state index in [1.165, 1.54) is 19.3 Å². The largest absolute Gasteiger partial charge is 0.409 e. The molecule has 1 heterocycles. The van der Waals surface area contributed by atoms with Crippen molar-refractivity contribution in [3.8, 4) is 0 Å². The summed E-state index contributed by atoms with van der Waals surface area (Å²) in [6, 6.07) is 5.54. The number of oxime groups is 1. The highest BCUT2D eigenvalue weighted by Crippen LogP contribution is 2.29. The van der Waals surface area contributed by atoms with Gasteiger partial charge in [0.2, 0.25) is 0 Å². The molecule has 3 N–H and O–H groups in total. The molecule has 19 heavy (non-hydrogen) atoms. The monoisotopic (exact) mass is 281 g/mol. The molecular weight excluding hydrogens is 262 g/mol. The van der Waals surface area contributed by atoms with Gasteiger partial charge in [0.15, 0.2) is 5.84 Å². The van der Waals surface area contributed by atoms with E-state index in [-0.39, 0.29) is 5.84 Å². The van der Waals surface area contributed by atoms with E-state index >= 15 is 0 Å². The number of hydrogen-bond acceptors (Lipinski definition) is 3. The highest BCUT2D eigenvalue weighted by Gasteiger charge is 2.16. The molecule has 1 fully saturated rings. The number of benzene rings is 1. The summed E-state index contributed by atoms with van der Waals surface area (Å²) in [6.45, 7) is 4.36. The minimum Gasteiger partial charge on any atom is -0.409 e. The first-order chi connectivity index (χ1) is 9.11. The third-order valence-electron chi connectivity index (χ3n) is 3.71. The topological polar surface area (TPSA) is 61.8 Å². The summed E-state index contributed by atoms with van der Waals surface area (Å²) in [4.78, 5) is 2.32. The quantitative estimate of drug-likeness (QED) is 0.379. The molecule has 0 amide bonds. The Labute approximate surface area is 118 Å². The summed E-state index contributed by atoms with van der Waals surface area (Å²) in [5.74, 6) is 0.859. The van der Waals surface area contributed by atoms with Crippen molar-refractivity contribution in [1.82, 2.24) is 0 Å². The van der Waals surface area contributed by atoms with Gasteiger partial charge >= 0.3 is 0 Å². The van der Waals surface area contributed by atoms with Crippen LogP contribution >= 0.6 is 11.6 Å². The Bertz CT molecular complexity index is 476. The minimum absolute atomic E-state index is 0.0814. The van der Waals surface area contributed by atoms with Gasteiger partial charge in [-0.2, -0.15) is 0 Å². The fourth-order valence-electron chi connectivity index (χ4n) is 2.48. The zero-order valence-electron chi connectivity index (χ0n) is 11.1. The lowest BCUT2D eigenvalue weighted by Crippen LogP contribution is -2.24. The van der Waals surface area contributed by atoms with Crippen molar-refractivity contribution < 1.29 is 5.21 Å². The number of amidine groups is 1. The number of hydrogen-bond donors (Lipinski definition) is 2. The first-order valence-electron chi connectivity index (χ1n) is 6.64. The second kappa shape index (κ2) is 6.15. The van der Waals surface area contributed by atoms with Gasteiger partial charge in [0, 0.05) is 18.7 Å². The van der Waals surface area contributed by atoms with Gasteiger partial charge in [0.1, 0.15) is 0 Å². The standard InChI is InChI=1S/C14H20ClN3O/c1-10-3-2-7-18(8-6-10)13-5-4-11(9-12(13)15)14(16)17-19/h4-5,9-10,19H,2-3,6-8H2,1H3,(H2,16,17). The molecule has 0 saturated carbocycles. The molecule has 4 nitrogen and oxygen atoms in total. The maximum Gasteiger partial charge on any atom is 0.170 e. The molecule has 0 spiro atoms. The number of nitrogens with zero attached hydrogens (tertiary/aromatic N) is 2. The van der Waals surface area contributed by atoms with Gasteiger partial charge in [-0.15, -0.1) is 0 Å². The van der Waals surface area contributed by atoms with E-state index in [2.05, 4.69) is 17.0 Å². The Hall–Kier alpha value is -1.42. The fourth-order valence-corrected chi connectivity index (χ4v) is 2.78. The molecule has 1 aliphatic rings. The molecule has 1 aromatic rings. The normalized spacial score (nSPS) is 21.3. The van der Waals surface area contributed by atoms with Crippen molar-refractivity contribution in [2.45, 2.75) is 26.2 Å². The predicted octanol–water partition coefficient (Wildman–Crippen LogP) is 3.06. The lowest BCUT2D eigenvalue weighted by Gasteiger charge is -2.24. The lowest BCUT2D eigenvalue weighted by molar-refractivity contribution is 0.318. The van der Waals surface area contributed by atoms with Crippen LogP contribution in [0.4, 0.5) is 5.69 Å². The summed E-state index contributed by atoms with van der Waals surface area (Å²) in [6.07, 6.45) is 3.66. The molecule has 0 aromatic heterocycles. The smallest absolute Gasteiger partial charge is 0.170 e. The number of rotatable bonds is 2. The Morgan fingerprint density at radius 2 is 2.21 bits per heavy atom. The first kappa shape index (κ1) is 14.0. The van der Waals surface area contributed by atoms with Crippen molar-refractivity contribution in [3.05, 3.63) is 28.8 Å². The van der Waals surface area contributed by atoms with E-state index < -0.39 is 0 Å². The molecule has 0 bridgehead atoms. The van der Waals surface area contributed by atoms with Crippen molar-refractivity contribution >= 4 is 23.1 Å². The average molecular weight is 282 g/mol. The summed E-state index contributed by atoms with van der Waals surface area (Å²) < 4.78 is 0. The molecule has 1 aliphatic heterocycles. The summed E-state index contributed by atoms with van der Waals surface area (Å²) in [5.41, 5.74) is 7.23. The van der Waals surface area contributed by atoms with Crippen molar-refractivity contribution in [1.29, 1.82) is 0 Å². The first-order valence-corrected chi connectivity index (χ1v) is 7.02. The average Bonchev–Trinajstić information content (AvgIpc) is 2.62. The molecule has 2 rings (SSSR count). The van der Waals surface area contributed by atoms with Crippen molar-refractivity contribution in [2.24, 2.45) is 16.8 Å². The van der Waals surface area contributed by atoms with Crippen molar-refractivity contribution in [2.75, 3.05) is 18.0 Å². The van der Waals surface area contributed by atoms with Crippen molar-refractivity contribution in [3.63, 3.8) is 0 Å². The molecule has 1 saturated heterocycles. The summed E-state index contributed by atoms with van der Waals surface area (Å²) >= 11 is 6.32. The third-order valence-corrected chi connectivity index (χ3v) is 4.01. The maximum atomic E-state index is 8.67. The summed E-state index contributed by atoms with van der Waals surface area (Å²) in [5, 5.41) is 12.3. The Balaban J connectivity index is 2.21. The second-order valence-corrected chi connectivity index (χ2v) is 5.58. The van der Waals surface area contributed by atoms with E-state index in [1.54, 1.807) is 6.07 Å². The van der Waals surface area contributed by atoms with Crippen LogP contribution < -0.4 is 10.6 Å². The molecule has 1 atom stereocenters. The van der Waals surface area contributed by atoms with E-state index in [4.69, 9.17) is 22.5 Å². The molecule has 1 aromatic carbocycles. The van der Waals surface area contributed by atoms with Crippen LogP contribution in [0.15, 0.2) is 23.4 Å². The van der Waals surface area contributed by atoms with Gasteiger partial charge in [0.05, 0.1) is 10.7 Å². The van der Waals surface area contributed by atoms with E-state index in [1.807, 2.05) is 12.1 Å². The van der Waals surface area contributed by atoms with Gasteiger partial charge in [0.25, 0.3) is 0 Å². The zero-order chi connectivity index (χ0) is 13.8. The molecule has 0 radical (unpaired) electrons. The second-order valence-electron chi connectivity index (χ2n) is 5.17. The molecule has 1 unspecified atom stereocenters. The maximum absolute atomic E-state index is 8.67. The molecule has 0 aliphatic carbocycles. The van der Waals surface area contributed by atoms with Gasteiger partial charge in [-0.3, -0.25) is 0 Å². The zero-order valence-corrected chi connectivity index (χ0v) is 11.9. The summed E-state index contributed by atoms with van der Waals surface area (Å²) in [7, 11) is 0. The van der Waals surface area contributed by atoms with Crippen LogP contribution in [0.5, 0.6) is 0 Å². The van der Waals surface area contributed by atoms with E-state index in [9.17, 15) is 0 Å². The molecular formula is C14H20ClN3O. The minimum atomic E-state index is 0.0814. The van der Waals surface area contributed by atoms with Gasteiger partial charge < -0.3 is 15.8 Å². The van der Waals surface area contributed by atoms with Crippen LogP contribution in [0.25, 0.3) is 0 Å².